The standard InChI is InChI=1S/C10H19F3N2O2/c1-2-3-8(14)6-9(16)15-4-5-17-7-10(11,12)13/h8H,2-7,14H2,1H3,(H,15,16). The van der Waals surface area contributed by atoms with Gasteiger partial charge in [-0.05, 0) is 6.42 Å². The summed E-state index contributed by atoms with van der Waals surface area (Å²) < 4.78 is 39.3. The number of amides is 1. The number of hydrogen-bond acceptors (Lipinski definition) is 3. The van der Waals surface area contributed by atoms with Gasteiger partial charge in [-0.15, -0.1) is 0 Å². The van der Waals surface area contributed by atoms with E-state index < -0.39 is 12.8 Å². The summed E-state index contributed by atoms with van der Waals surface area (Å²) in [5.41, 5.74) is 5.63. The molecule has 7 heteroatoms. The highest BCUT2D eigenvalue weighted by molar-refractivity contribution is 5.76. The van der Waals surface area contributed by atoms with Crippen LogP contribution in [-0.2, 0) is 9.53 Å². The maximum Gasteiger partial charge on any atom is 0.411 e. The molecule has 0 aliphatic carbocycles. The molecule has 0 heterocycles. The van der Waals surface area contributed by atoms with Crippen molar-refractivity contribution in [3.8, 4) is 0 Å². The lowest BCUT2D eigenvalue weighted by Gasteiger charge is -2.11. The summed E-state index contributed by atoms with van der Waals surface area (Å²) in [5.74, 6) is -0.262. The van der Waals surface area contributed by atoms with Gasteiger partial charge in [0.15, 0.2) is 0 Å². The topological polar surface area (TPSA) is 64.4 Å². The van der Waals surface area contributed by atoms with E-state index in [0.717, 1.165) is 12.8 Å². The SMILES string of the molecule is CCCC(N)CC(=O)NCCOCC(F)(F)F. The molecule has 0 radical (unpaired) electrons. The summed E-state index contributed by atoms with van der Waals surface area (Å²) in [6, 6.07) is -0.198. The maximum absolute atomic E-state index is 11.7. The molecule has 4 nitrogen and oxygen atoms in total. The van der Waals surface area contributed by atoms with Crippen LogP contribution in [0.25, 0.3) is 0 Å². The predicted molar refractivity (Wildman–Crippen MR) is 57.4 cm³/mol. The van der Waals surface area contributed by atoms with Crippen molar-refractivity contribution in [1.82, 2.24) is 5.32 Å². The van der Waals surface area contributed by atoms with Crippen LogP contribution in [0.4, 0.5) is 13.2 Å². The van der Waals surface area contributed by atoms with Gasteiger partial charge in [-0.1, -0.05) is 13.3 Å². The molecule has 0 aromatic carbocycles. The first-order valence-corrected chi connectivity index (χ1v) is 5.52. The molecular formula is C10H19F3N2O2. The van der Waals surface area contributed by atoms with Gasteiger partial charge in [-0.2, -0.15) is 13.2 Å². The number of ether oxygens (including phenoxy) is 1. The van der Waals surface area contributed by atoms with Crippen molar-refractivity contribution in [3.05, 3.63) is 0 Å². The van der Waals surface area contributed by atoms with E-state index in [9.17, 15) is 18.0 Å². The third kappa shape index (κ3) is 11.4. The average Bonchev–Trinajstić information content (AvgIpc) is 2.15. The van der Waals surface area contributed by atoms with Crippen LogP contribution in [0, 0.1) is 0 Å². The first-order valence-electron chi connectivity index (χ1n) is 5.52. The van der Waals surface area contributed by atoms with Gasteiger partial charge in [-0.3, -0.25) is 4.79 Å². The second kappa shape index (κ2) is 8.30. The first-order chi connectivity index (χ1) is 7.85. The summed E-state index contributed by atoms with van der Waals surface area (Å²) in [4.78, 5) is 11.2. The molecule has 0 aromatic heterocycles. The Morgan fingerprint density at radius 2 is 2.12 bits per heavy atom. The number of carbonyl (C=O) groups is 1. The summed E-state index contributed by atoms with van der Waals surface area (Å²) >= 11 is 0. The van der Waals surface area contributed by atoms with E-state index in [-0.39, 0.29) is 31.5 Å². The third-order valence-electron chi connectivity index (χ3n) is 1.94. The summed E-state index contributed by atoms with van der Waals surface area (Å²) in [7, 11) is 0. The lowest BCUT2D eigenvalue weighted by Crippen LogP contribution is -2.33. The fourth-order valence-corrected chi connectivity index (χ4v) is 1.23. The van der Waals surface area contributed by atoms with Crippen LogP contribution in [0.3, 0.4) is 0 Å². The van der Waals surface area contributed by atoms with Crippen molar-refractivity contribution < 1.29 is 22.7 Å². The largest absolute Gasteiger partial charge is 0.411 e. The average molecular weight is 256 g/mol. The molecular weight excluding hydrogens is 237 g/mol. The van der Waals surface area contributed by atoms with Crippen molar-refractivity contribution in [3.63, 3.8) is 0 Å². The molecule has 3 N–H and O–H groups in total. The fraction of sp³-hybridized carbons (Fsp3) is 0.900. The summed E-state index contributed by atoms with van der Waals surface area (Å²) in [6.07, 6.45) is -2.50. The molecule has 0 bridgehead atoms. The van der Waals surface area contributed by atoms with Crippen LogP contribution >= 0.6 is 0 Å². The maximum atomic E-state index is 11.7. The molecule has 0 rings (SSSR count). The molecule has 17 heavy (non-hydrogen) atoms. The molecule has 0 saturated carbocycles. The smallest absolute Gasteiger partial charge is 0.370 e. The normalized spacial score (nSPS) is 13.5. The molecule has 1 amide bonds. The predicted octanol–water partition coefficient (Wildman–Crippen LogP) is 1.20. The quantitative estimate of drug-likeness (QED) is 0.641. The Morgan fingerprint density at radius 1 is 1.47 bits per heavy atom. The monoisotopic (exact) mass is 256 g/mol. The zero-order valence-electron chi connectivity index (χ0n) is 9.85. The van der Waals surface area contributed by atoms with E-state index in [2.05, 4.69) is 10.1 Å². The number of carbonyl (C=O) groups excluding carboxylic acids is 1. The second-order valence-electron chi connectivity index (χ2n) is 3.77. The minimum absolute atomic E-state index is 0.0633. The van der Waals surface area contributed by atoms with Crippen LogP contribution in [0.15, 0.2) is 0 Å². The Balaban J connectivity index is 3.46. The molecule has 0 aliphatic rings. The highest BCUT2D eigenvalue weighted by atomic mass is 19.4. The summed E-state index contributed by atoms with van der Waals surface area (Å²) in [6.45, 7) is 0.572. The Bertz CT molecular complexity index is 222. The highest BCUT2D eigenvalue weighted by Gasteiger charge is 2.27. The number of nitrogens with one attached hydrogen (secondary N) is 1. The van der Waals surface area contributed by atoms with Gasteiger partial charge in [0, 0.05) is 19.0 Å². The minimum Gasteiger partial charge on any atom is -0.370 e. The molecule has 102 valence electrons. The molecule has 1 atom stereocenters. The molecule has 0 spiro atoms. The Labute approximate surface area is 98.7 Å². The highest BCUT2D eigenvalue weighted by Crippen LogP contribution is 2.13. The zero-order chi connectivity index (χ0) is 13.3. The Morgan fingerprint density at radius 3 is 2.65 bits per heavy atom. The van der Waals surface area contributed by atoms with E-state index in [1.807, 2.05) is 6.92 Å². The van der Waals surface area contributed by atoms with Crippen molar-refractivity contribution in [2.45, 2.75) is 38.4 Å². The zero-order valence-corrected chi connectivity index (χ0v) is 9.85. The van der Waals surface area contributed by atoms with E-state index in [1.54, 1.807) is 0 Å². The second-order valence-corrected chi connectivity index (χ2v) is 3.77. The van der Waals surface area contributed by atoms with Gasteiger partial charge in [0.2, 0.25) is 5.91 Å². The first kappa shape index (κ1) is 16.2. The van der Waals surface area contributed by atoms with Crippen molar-refractivity contribution in [1.29, 1.82) is 0 Å². The third-order valence-corrected chi connectivity index (χ3v) is 1.94. The lowest BCUT2D eigenvalue weighted by atomic mass is 10.1. The van der Waals surface area contributed by atoms with Gasteiger partial charge >= 0.3 is 6.18 Å². The Hall–Kier alpha value is -0.820. The minimum atomic E-state index is -4.33. The van der Waals surface area contributed by atoms with Crippen LogP contribution in [0.2, 0.25) is 0 Å². The molecule has 0 aliphatic heterocycles. The fourth-order valence-electron chi connectivity index (χ4n) is 1.23. The van der Waals surface area contributed by atoms with Crippen LogP contribution in [0.5, 0.6) is 0 Å². The number of alkyl halides is 3. The summed E-state index contributed by atoms with van der Waals surface area (Å²) in [5, 5.41) is 2.45. The lowest BCUT2D eigenvalue weighted by molar-refractivity contribution is -0.173. The molecule has 0 aromatic rings. The number of hydrogen-bond donors (Lipinski definition) is 2. The van der Waals surface area contributed by atoms with Gasteiger partial charge in [0.05, 0.1) is 6.61 Å². The van der Waals surface area contributed by atoms with E-state index in [1.165, 1.54) is 0 Å². The van der Waals surface area contributed by atoms with Gasteiger partial charge < -0.3 is 15.8 Å². The number of nitrogens with two attached hydrogens (primary N) is 1. The van der Waals surface area contributed by atoms with Gasteiger partial charge in [-0.25, -0.2) is 0 Å². The van der Waals surface area contributed by atoms with E-state index in [0.29, 0.717) is 0 Å². The van der Waals surface area contributed by atoms with Crippen molar-refractivity contribution in [2.75, 3.05) is 19.8 Å². The van der Waals surface area contributed by atoms with Crippen molar-refractivity contribution >= 4 is 5.91 Å². The molecule has 0 fully saturated rings. The molecule has 1 unspecified atom stereocenters. The van der Waals surface area contributed by atoms with E-state index >= 15 is 0 Å². The van der Waals surface area contributed by atoms with Crippen LogP contribution in [-0.4, -0.2) is 37.9 Å². The van der Waals surface area contributed by atoms with Gasteiger partial charge in [0.1, 0.15) is 6.61 Å². The van der Waals surface area contributed by atoms with Crippen LogP contribution in [0.1, 0.15) is 26.2 Å². The Kier molecular flexibility index (Phi) is 7.90. The number of rotatable bonds is 8. The van der Waals surface area contributed by atoms with Gasteiger partial charge in [0.25, 0.3) is 0 Å². The van der Waals surface area contributed by atoms with Crippen LogP contribution < -0.4 is 11.1 Å². The van der Waals surface area contributed by atoms with Crippen molar-refractivity contribution in [2.24, 2.45) is 5.73 Å². The molecule has 0 saturated heterocycles. The number of halogens is 3. The van der Waals surface area contributed by atoms with E-state index in [4.69, 9.17) is 5.73 Å².